The van der Waals surface area contributed by atoms with Crippen LogP contribution in [0.15, 0.2) is 24.3 Å². The summed E-state index contributed by atoms with van der Waals surface area (Å²) in [7, 11) is 0. The number of benzene rings is 1. The van der Waals surface area contributed by atoms with Crippen LogP contribution in [0.25, 0.3) is 0 Å². The predicted octanol–water partition coefficient (Wildman–Crippen LogP) is 2.57. The first kappa shape index (κ1) is 14.9. The predicted molar refractivity (Wildman–Crippen MR) is 78.2 cm³/mol. The Morgan fingerprint density at radius 3 is 2.35 bits per heavy atom. The summed E-state index contributed by atoms with van der Waals surface area (Å²) in [6.45, 7) is 4.02. The molecule has 0 unspecified atom stereocenters. The first-order chi connectivity index (χ1) is 9.74. The Morgan fingerprint density at radius 1 is 1.10 bits per heavy atom. The molecule has 1 aliphatic rings. The van der Waals surface area contributed by atoms with Gasteiger partial charge >= 0.3 is 5.97 Å². The Hall–Kier alpha value is -1.55. The van der Waals surface area contributed by atoms with Gasteiger partial charge in [-0.25, -0.2) is 0 Å². The number of carboxylic acids is 1. The number of nitrogens with zero attached hydrogens (tertiary/aromatic N) is 1. The Morgan fingerprint density at radius 2 is 1.75 bits per heavy atom. The minimum atomic E-state index is -0.806. The maximum Gasteiger partial charge on any atom is 0.307 e. The van der Waals surface area contributed by atoms with Gasteiger partial charge in [0.1, 0.15) is 12.4 Å². The number of carbonyl (C=O) groups is 1. The van der Waals surface area contributed by atoms with Crippen LogP contribution in [-0.2, 0) is 11.2 Å². The van der Waals surface area contributed by atoms with Crippen LogP contribution < -0.4 is 4.74 Å². The molecule has 2 rings (SSSR count). The molecule has 0 aliphatic carbocycles. The Balaban J connectivity index is 1.71. The van der Waals surface area contributed by atoms with Crippen LogP contribution in [0.3, 0.4) is 0 Å². The van der Waals surface area contributed by atoms with Crippen LogP contribution in [0.5, 0.6) is 5.75 Å². The number of hydrogen-bond donors (Lipinski definition) is 1. The lowest BCUT2D eigenvalue weighted by molar-refractivity contribution is -0.136. The quantitative estimate of drug-likeness (QED) is 0.868. The van der Waals surface area contributed by atoms with Crippen molar-refractivity contribution in [3.63, 3.8) is 0 Å². The summed E-state index contributed by atoms with van der Waals surface area (Å²) < 4.78 is 5.72. The summed E-state index contributed by atoms with van der Waals surface area (Å²) in [5, 5.41) is 8.71. The molecule has 0 atom stereocenters. The lowest BCUT2D eigenvalue weighted by atomic mass is 10.1. The molecule has 1 N–H and O–H groups in total. The maximum absolute atomic E-state index is 10.6. The van der Waals surface area contributed by atoms with Crippen molar-refractivity contribution in [2.45, 2.75) is 32.1 Å². The molecule has 1 aromatic carbocycles. The maximum atomic E-state index is 10.6. The van der Waals surface area contributed by atoms with Gasteiger partial charge in [0, 0.05) is 6.54 Å². The monoisotopic (exact) mass is 277 g/mol. The normalized spacial score (nSPS) is 16.6. The first-order valence-corrected chi connectivity index (χ1v) is 7.40. The van der Waals surface area contributed by atoms with Crippen molar-refractivity contribution in [3.8, 4) is 5.75 Å². The second-order valence-corrected chi connectivity index (χ2v) is 5.32. The summed E-state index contributed by atoms with van der Waals surface area (Å²) >= 11 is 0. The van der Waals surface area contributed by atoms with Gasteiger partial charge in [-0.15, -0.1) is 0 Å². The number of aliphatic carboxylic acids is 1. The molecule has 0 saturated carbocycles. The van der Waals surface area contributed by atoms with E-state index in [4.69, 9.17) is 9.84 Å². The van der Waals surface area contributed by atoms with Gasteiger partial charge in [0.25, 0.3) is 0 Å². The minimum absolute atomic E-state index is 0.0635. The molecule has 4 heteroatoms. The Kier molecular flexibility index (Phi) is 5.87. The average molecular weight is 277 g/mol. The average Bonchev–Trinajstić information content (AvgIpc) is 2.69. The smallest absolute Gasteiger partial charge is 0.307 e. The van der Waals surface area contributed by atoms with Gasteiger partial charge in [-0.1, -0.05) is 25.0 Å². The van der Waals surface area contributed by atoms with Crippen molar-refractivity contribution < 1.29 is 14.6 Å². The van der Waals surface area contributed by atoms with Gasteiger partial charge < -0.3 is 9.84 Å². The highest BCUT2D eigenvalue weighted by Crippen LogP contribution is 2.13. The van der Waals surface area contributed by atoms with Crippen LogP contribution in [-0.4, -0.2) is 42.2 Å². The van der Waals surface area contributed by atoms with Crippen molar-refractivity contribution in [2.24, 2.45) is 0 Å². The number of carboxylic acid groups (broad SMARTS) is 1. The van der Waals surface area contributed by atoms with Crippen molar-refractivity contribution >= 4 is 5.97 Å². The summed E-state index contributed by atoms with van der Waals surface area (Å²) in [5.74, 6) is 0.00814. The molecule has 0 bridgehead atoms. The van der Waals surface area contributed by atoms with E-state index >= 15 is 0 Å². The molecule has 0 aromatic heterocycles. The van der Waals surface area contributed by atoms with E-state index < -0.39 is 5.97 Å². The lowest BCUT2D eigenvalue weighted by Crippen LogP contribution is -2.29. The molecule has 1 saturated heterocycles. The van der Waals surface area contributed by atoms with Gasteiger partial charge in [-0.05, 0) is 43.6 Å². The summed E-state index contributed by atoms with van der Waals surface area (Å²) in [6, 6.07) is 7.33. The van der Waals surface area contributed by atoms with Gasteiger partial charge in [0.2, 0.25) is 0 Å². The Labute approximate surface area is 120 Å². The van der Waals surface area contributed by atoms with Gasteiger partial charge in [0.15, 0.2) is 0 Å². The topological polar surface area (TPSA) is 49.8 Å². The fraction of sp³-hybridized carbons (Fsp3) is 0.562. The highest BCUT2D eigenvalue weighted by Gasteiger charge is 2.08. The summed E-state index contributed by atoms with van der Waals surface area (Å²) in [4.78, 5) is 13.1. The number of hydrogen-bond acceptors (Lipinski definition) is 3. The van der Waals surface area contributed by atoms with Crippen molar-refractivity contribution in [3.05, 3.63) is 29.8 Å². The first-order valence-electron chi connectivity index (χ1n) is 7.40. The molecule has 1 fully saturated rings. The molecule has 1 heterocycles. The second kappa shape index (κ2) is 7.90. The number of ether oxygens (including phenoxy) is 1. The summed E-state index contributed by atoms with van der Waals surface area (Å²) in [5.41, 5.74) is 0.803. The van der Waals surface area contributed by atoms with E-state index in [0.29, 0.717) is 6.61 Å². The molecule has 1 aromatic rings. The summed E-state index contributed by atoms with van der Waals surface area (Å²) in [6.07, 6.45) is 5.35. The van der Waals surface area contributed by atoms with Crippen LogP contribution in [0.2, 0.25) is 0 Å². The van der Waals surface area contributed by atoms with Gasteiger partial charge in [-0.3, -0.25) is 9.69 Å². The largest absolute Gasteiger partial charge is 0.492 e. The van der Waals surface area contributed by atoms with E-state index in [1.807, 2.05) is 24.3 Å². The lowest BCUT2D eigenvalue weighted by Gasteiger charge is -2.19. The van der Waals surface area contributed by atoms with Gasteiger partial charge in [0.05, 0.1) is 6.42 Å². The van der Waals surface area contributed by atoms with Crippen LogP contribution in [0, 0.1) is 0 Å². The second-order valence-electron chi connectivity index (χ2n) is 5.32. The SMILES string of the molecule is O=C(O)Cc1ccc(OCCN2CCCCCC2)cc1. The molecule has 0 spiro atoms. The van der Waals surface area contributed by atoms with Crippen molar-refractivity contribution in [1.29, 1.82) is 0 Å². The van der Waals surface area contributed by atoms with Crippen LogP contribution in [0.1, 0.15) is 31.2 Å². The molecular formula is C16H23NO3. The van der Waals surface area contributed by atoms with E-state index in [0.717, 1.165) is 17.9 Å². The zero-order chi connectivity index (χ0) is 14.2. The highest BCUT2D eigenvalue weighted by molar-refractivity contribution is 5.70. The van der Waals surface area contributed by atoms with Crippen molar-refractivity contribution in [2.75, 3.05) is 26.2 Å². The molecule has 0 amide bonds. The van der Waals surface area contributed by atoms with E-state index in [2.05, 4.69) is 4.90 Å². The van der Waals surface area contributed by atoms with Gasteiger partial charge in [-0.2, -0.15) is 0 Å². The van der Waals surface area contributed by atoms with E-state index in [1.54, 1.807) is 0 Å². The molecule has 0 radical (unpaired) electrons. The number of rotatable bonds is 6. The van der Waals surface area contributed by atoms with Crippen molar-refractivity contribution in [1.82, 2.24) is 4.90 Å². The fourth-order valence-electron chi connectivity index (χ4n) is 2.53. The Bertz CT molecular complexity index is 408. The van der Waals surface area contributed by atoms with Crippen LogP contribution >= 0.6 is 0 Å². The third kappa shape index (κ3) is 5.21. The van der Waals surface area contributed by atoms with E-state index in [1.165, 1.54) is 38.8 Å². The molecule has 110 valence electrons. The molecule has 20 heavy (non-hydrogen) atoms. The van der Waals surface area contributed by atoms with Crippen LogP contribution in [0.4, 0.5) is 0 Å². The minimum Gasteiger partial charge on any atom is -0.492 e. The zero-order valence-corrected chi connectivity index (χ0v) is 11.9. The highest BCUT2D eigenvalue weighted by atomic mass is 16.5. The zero-order valence-electron chi connectivity index (χ0n) is 11.9. The molecule has 4 nitrogen and oxygen atoms in total. The standard InChI is InChI=1S/C16H23NO3/c18-16(19)13-14-5-7-15(8-6-14)20-12-11-17-9-3-1-2-4-10-17/h5-8H,1-4,9-13H2,(H,18,19). The molecule has 1 aliphatic heterocycles. The van der Waals surface area contributed by atoms with E-state index in [-0.39, 0.29) is 6.42 Å². The third-order valence-electron chi connectivity index (χ3n) is 3.65. The number of likely N-dealkylation sites (tertiary alicyclic amines) is 1. The third-order valence-corrected chi connectivity index (χ3v) is 3.65. The van der Waals surface area contributed by atoms with E-state index in [9.17, 15) is 4.79 Å². The fourth-order valence-corrected chi connectivity index (χ4v) is 2.53. The molecular weight excluding hydrogens is 254 g/mol.